The lowest BCUT2D eigenvalue weighted by Gasteiger charge is -2.25. The first-order valence-corrected chi connectivity index (χ1v) is 7.38. The number of nitrogens with one attached hydrogen (secondary N) is 1. The highest BCUT2D eigenvalue weighted by atomic mass is 19.1. The number of halogens is 1. The number of rotatable bonds is 8. The van der Waals surface area contributed by atoms with Crippen LogP contribution in [0.25, 0.3) is 0 Å². The third kappa shape index (κ3) is 5.71. The van der Waals surface area contributed by atoms with Crippen LogP contribution >= 0.6 is 0 Å². The number of unbranched alkanes of at least 4 members (excludes halogenated alkanes) is 2. The molecule has 0 aliphatic heterocycles. The van der Waals surface area contributed by atoms with Crippen LogP contribution in [-0.4, -0.2) is 6.54 Å². The van der Waals surface area contributed by atoms with Crippen molar-refractivity contribution in [2.24, 2.45) is 5.41 Å². The Morgan fingerprint density at radius 2 is 2.05 bits per heavy atom. The Labute approximate surface area is 122 Å². The van der Waals surface area contributed by atoms with Crippen LogP contribution in [0.3, 0.4) is 0 Å². The van der Waals surface area contributed by atoms with E-state index in [1.165, 1.54) is 31.7 Å². The van der Waals surface area contributed by atoms with Crippen LogP contribution in [0.15, 0.2) is 18.2 Å². The van der Waals surface area contributed by atoms with E-state index in [1.807, 2.05) is 6.07 Å². The van der Waals surface area contributed by atoms with Gasteiger partial charge in [0, 0.05) is 18.7 Å². The predicted molar refractivity (Wildman–Crippen MR) is 80.7 cm³/mol. The Hall–Kier alpha value is -1.40. The number of benzene rings is 1. The SMILES string of the molecule is CCCCCC(C)(C)CNCc1ccc(C#N)cc1F. The topological polar surface area (TPSA) is 35.8 Å². The van der Waals surface area contributed by atoms with Gasteiger partial charge in [0.05, 0.1) is 11.6 Å². The first kappa shape index (κ1) is 16.7. The van der Waals surface area contributed by atoms with Crippen LogP contribution in [0.1, 0.15) is 57.6 Å². The molecule has 1 rings (SSSR count). The zero-order valence-electron chi connectivity index (χ0n) is 12.8. The van der Waals surface area contributed by atoms with Crippen molar-refractivity contribution in [1.82, 2.24) is 5.32 Å². The monoisotopic (exact) mass is 276 g/mol. The summed E-state index contributed by atoms with van der Waals surface area (Å²) >= 11 is 0. The van der Waals surface area contributed by atoms with Crippen LogP contribution in [0.5, 0.6) is 0 Å². The lowest BCUT2D eigenvalue weighted by Crippen LogP contribution is -2.29. The molecule has 0 amide bonds. The van der Waals surface area contributed by atoms with Crippen molar-refractivity contribution in [3.8, 4) is 6.07 Å². The minimum absolute atomic E-state index is 0.234. The summed E-state index contributed by atoms with van der Waals surface area (Å²) in [5.74, 6) is -0.305. The van der Waals surface area contributed by atoms with Gasteiger partial charge in [-0.3, -0.25) is 0 Å². The van der Waals surface area contributed by atoms with Gasteiger partial charge in [0.15, 0.2) is 0 Å². The van der Waals surface area contributed by atoms with Gasteiger partial charge in [0.2, 0.25) is 0 Å². The molecule has 0 heterocycles. The van der Waals surface area contributed by atoms with Crippen molar-refractivity contribution in [2.75, 3.05) is 6.54 Å². The summed E-state index contributed by atoms with van der Waals surface area (Å²) in [5.41, 5.74) is 1.22. The van der Waals surface area contributed by atoms with Crippen LogP contribution in [-0.2, 0) is 6.54 Å². The fraction of sp³-hybridized carbons (Fsp3) is 0.588. The molecule has 0 fully saturated rings. The quantitative estimate of drug-likeness (QED) is 0.715. The van der Waals surface area contributed by atoms with Gasteiger partial charge in [-0.2, -0.15) is 5.26 Å². The fourth-order valence-corrected chi connectivity index (χ4v) is 2.24. The number of hydrogen-bond donors (Lipinski definition) is 1. The lowest BCUT2D eigenvalue weighted by atomic mass is 9.87. The van der Waals surface area contributed by atoms with Crippen LogP contribution in [0, 0.1) is 22.6 Å². The first-order valence-electron chi connectivity index (χ1n) is 7.38. The summed E-state index contributed by atoms with van der Waals surface area (Å²) in [6, 6.07) is 6.58. The molecule has 0 atom stereocenters. The average Bonchev–Trinajstić information content (AvgIpc) is 2.40. The smallest absolute Gasteiger partial charge is 0.129 e. The lowest BCUT2D eigenvalue weighted by molar-refractivity contribution is 0.301. The molecule has 0 saturated heterocycles. The molecule has 3 heteroatoms. The third-order valence-electron chi connectivity index (χ3n) is 3.56. The molecule has 110 valence electrons. The van der Waals surface area contributed by atoms with Crippen LogP contribution in [0.4, 0.5) is 4.39 Å². The standard InChI is InChI=1S/C17H25FN2/c1-4-5-6-9-17(2,3)13-20-12-15-8-7-14(11-19)10-16(15)18/h7-8,10,20H,4-6,9,12-13H2,1-3H3. The molecule has 0 bridgehead atoms. The van der Waals surface area contributed by atoms with Gasteiger partial charge in [-0.25, -0.2) is 4.39 Å². The minimum Gasteiger partial charge on any atom is -0.312 e. The molecule has 1 N–H and O–H groups in total. The van der Waals surface area contributed by atoms with Crippen LogP contribution < -0.4 is 5.32 Å². The molecule has 0 saturated carbocycles. The average molecular weight is 276 g/mol. The molecule has 2 nitrogen and oxygen atoms in total. The van der Waals surface area contributed by atoms with E-state index in [0.717, 1.165) is 6.54 Å². The number of nitrogens with zero attached hydrogens (tertiary/aromatic N) is 1. The molecule has 0 aliphatic rings. The van der Waals surface area contributed by atoms with E-state index in [9.17, 15) is 4.39 Å². The van der Waals surface area contributed by atoms with E-state index < -0.39 is 0 Å². The summed E-state index contributed by atoms with van der Waals surface area (Å²) < 4.78 is 13.7. The van der Waals surface area contributed by atoms with E-state index in [-0.39, 0.29) is 11.2 Å². The van der Waals surface area contributed by atoms with Gasteiger partial charge in [0.25, 0.3) is 0 Å². The third-order valence-corrected chi connectivity index (χ3v) is 3.56. The highest BCUT2D eigenvalue weighted by molar-refractivity contribution is 5.32. The van der Waals surface area contributed by atoms with E-state index in [0.29, 0.717) is 17.7 Å². The predicted octanol–water partition coefficient (Wildman–Crippen LogP) is 4.39. The van der Waals surface area contributed by atoms with E-state index in [4.69, 9.17) is 5.26 Å². The molecule has 1 aromatic rings. The summed E-state index contributed by atoms with van der Waals surface area (Å²) in [4.78, 5) is 0. The maximum atomic E-state index is 13.7. The van der Waals surface area contributed by atoms with Crippen molar-refractivity contribution in [3.05, 3.63) is 35.1 Å². The van der Waals surface area contributed by atoms with Crippen molar-refractivity contribution >= 4 is 0 Å². The Morgan fingerprint density at radius 3 is 2.65 bits per heavy atom. The maximum absolute atomic E-state index is 13.7. The Kier molecular flexibility index (Phi) is 6.67. The largest absolute Gasteiger partial charge is 0.312 e. The molecule has 0 radical (unpaired) electrons. The van der Waals surface area contributed by atoms with Gasteiger partial charge >= 0.3 is 0 Å². The molecule has 0 aromatic heterocycles. The Bertz CT molecular complexity index is 461. The van der Waals surface area contributed by atoms with Gasteiger partial charge < -0.3 is 5.32 Å². The molecular formula is C17H25FN2. The van der Waals surface area contributed by atoms with Crippen molar-refractivity contribution in [1.29, 1.82) is 5.26 Å². The zero-order chi connectivity index (χ0) is 15.0. The van der Waals surface area contributed by atoms with E-state index in [2.05, 4.69) is 26.1 Å². The van der Waals surface area contributed by atoms with Gasteiger partial charge in [0.1, 0.15) is 5.82 Å². The first-order chi connectivity index (χ1) is 9.48. The highest BCUT2D eigenvalue weighted by Gasteiger charge is 2.16. The molecule has 0 spiro atoms. The summed E-state index contributed by atoms with van der Waals surface area (Å²) in [7, 11) is 0. The summed E-state index contributed by atoms with van der Waals surface area (Å²) in [6.45, 7) is 8.07. The second-order valence-electron chi connectivity index (χ2n) is 6.14. The van der Waals surface area contributed by atoms with E-state index in [1.54, 1.807) is 12.1 Å². The number of hydrogen-bond acceptors (Lipinski definition) is 2. The molecule has 20 heavy (non-hydrogen) atoms. The normalized spacial score (nSPS) is 11.3. The fourth-order valence-electron chi connectivity index (χ4n) is 2.24. The van der Waals surface area contributed by atoms with Gasteiger partial charge in [-0.1, -0.05) is 46.1 Å². The van der Waals surface area contributed by atoms with Crippen LogP contribution in [0.2, 0.25) is 0 Å². The minimum atomic E-state index is -0.305. The molecule has 1 aromatic carbocycles. The van der Waals surface area contributed by atoms with Gasteiger partial charge in [-0.15, -0.1) is 0 Å². The maximum Gasteiger partial charge on any atom is 0.129 e. The second-order valence-corrected chi connectivity index (χ2v) is 6.14. The van der Waals surface area contributed by atoms with Gasteiger partial charge in [-0.05, 0) is 24.0 Å². The van der Waals surface area contributed by atoms with Crippen molar-refractivity contribution < 1.29 is 4.39 Å². The summed E-state index contributed by atoms with van der Waals surface area (Å²) in [6.07, 6.45) is 4.94. The Morgan fingerprint density at radius 1 is 1.30 bits per heavy atom. The zero-order valence-corrected chi connectivity index (χ0v) is 12.8. The van der Waals surface area contributed by atoms with Crippen molar-refractivity contribution in [2.45, 2.75) is 53.0 Å². The molecule has 0 unspecified atom stereocenters. The highest BCUT2D eigenvalue weighted by Crippen LogP contribution is 2.22. The van der Waals surface area contributed by atoms with Crippen molar-refractivity contribution in [3.63, 3.8) is 0 Å². The molecular weight excluding hydrogens is 251 g/mol. The van der Waals surface area contributed by atoms with E-state index >= 15 is 0 Å². The Balaban J connectivity index is 2.42. The summed E-state index contributed by atoms with van der Waals surface area (Å²) in [5, 5.41) is 12.0. The number of nitriles is 1. The molecule has 0 aliphatic carbocycles. The second kappa shape index (κ2) is 8.01.